The second-order valence-electron chi connectivity index (χ2n) is 3.05. The van der Waals surface area contributed by atoms with Gasteiger partial charge in [-0.15, -0.1) is 21.5 Å². The van der Waals surface area contributed by atoms with Crippen molar-refractivity contribution >= 4 is 11.3 Å². The average Bonchev–Trinajstić information content (AvgIpc) is 2.71. The number of hydrogen-bond donors (Lipinski definition) is 1. The third-order valence-corrected chi connectivity index (χ3v) is 2.99. The zero-order valence-corrected chi connectivity index (χ0v) is 9.31. The molecule has 0 saturated carbocycles. The van der Waals surface area contributed by atoms with Crippen molar-refractivity contribution in [3.8, 4) is 0 Å². The van der Waals surface area contributed by atoms with Crippen LogP contribution in [0.2, 0.25) is 0 Å². The molecule has 1 N–H and O–H groups in total. The summed E-state index contributed by atoms with van der Waals surface area (Å²) in [5, 5.41) is 22.6. The Bertz CT molecular complexity index is 347. The Kier molecular flexibility index (Phi) is 5.03. The predicted octanol–water partition coefficient (Wildman–Crippen LogP) is 1.70. The first kappa shape index (κ1) is 11.9. The molecule has 1 heterocycles. The molecule has 0 aliphatic rings. The Hall–Kier alpha value is -1.17. The van der Waals surface area contributed by atoms with Crippen LogP contribution in [0.25, 0.3) is 10.4 Å². The highest BCUT2D eigenvalue weighted by atomic mass is 32.1. The van der Waals surface area contributed by atoms with E-state index >= 15 is 0 Å². The summed E-state index contributed by atoms with van der Waals surface area (Å²) in [5.74, 6) is 0. The van der Waals surface area contributed by atoms with Gasteiger partial charge < -0.3 is 5.11 Å². The van der Waals surface area contributed by atoms with E-state index in [9.17, 15) is 5.11 Å². The van der Waals surface area contributed by atoms with E-state index in [2.05, 4.69) is 20.2 Å². The summed E-state index contributed by atoms with van der Waals surface area (Å²) in [6, 6.07) is 0. The zero-order valence-electron chi connectivity index (χ0n) is 8.50. The highest BCUT2D eigenvalue weighted by molar-refractivity contribution is 7.11. The lowest BCUT2D eigenvalue weighted by Crippen LogP contribution is -2.11. The lowest BCUT2D eigenvalue weighted by molar-refractivity contribution is 0.173. The smallest absolute Gasteiger partial charge is 0.117 e. The molecule has 0 aliphatic carbocycles. The highest BCUT2D eigenvalue weighted by Crippen LogP contribution is 2.12. The molecule has 1 aromatic rings. The van der Waals surface area contributed by atoms with Crippen molar-refractivity contribution < 1.29 is 5.11 Å². The quantitative estimate of drug-likeness (QED) is 0.455. The first-order chi connectivity index (χ1) is 7.26. The lowest BCUT2D eigenvalue weighted by atomic mass is 10.2. The van der Waals surface area contributed by atoms with Gasteiger partial charge in [-0.2, -0.15) is 0 Å². The van der Waals surface area contributed by atoms with E-state index in [-0.39, 0.29) is 6.54 Å². The Labute approximate surface area is 91.6 Å². The number of nitrogens with zero attached hydrogens (tertiary/aromatic N) is 5. The molecule has 0 spiro atoms. The third-order valence-electron chi connectivity index (χ3n) is 1.86. The van der Waals surface area contributed by atoms with E-state index in [0.717, 1.165) is 16.4 Å². The summed E-state index contributed by atoms with van der Waals surface area (Å²) in [4.78, 5) is 2.59. The minimum absolute atomic E-state index is 0.121. The Balaban J connectivity index is 2.32. The molecule has 6 nitrogen and oxygen atoms in total. The van der Waals surface area contributed by atoms with Crippen LogP contribution in [0.4, 0.5) is 0 Å². The van der Waals surface area contributed by atoms with Gasteiger partial charge in [0, 0.05) is 11.3 Å². The molecule has 0 aliphatic heterocycles. The molecule has 0 bridgehead atoms. The number of aliphatic hydroxyl groups is 1. The molecule has 1 rings (SSSR count). The van der Waals surface area contributed by atoms with Crippen LogP contribution >= 0.6 is 11.3 Å². The maximum Gasteiger partial charge on any atom is 0.117 e. The van der Waals surface area contributed by atoms with Crippen LogP contribution in [0.5, 0.6) is 0 Å². The average molecular weight is 227 g/mol. The largest absolute Gasteiger partial charge is 0.393 e. The van der Waals surface area contributed by atoms with E-state index < -0.39 is 6.10 Å². The summed E-state index contributed by atoms with van der Waals surface area (Å²) in [6.07, 6.45) is 1.53. The van der Waals surface area contributed by atoms with Crippen LogP contribution in [-0.2, 0) is 12.8 Å². The normalized spacial score (nSPS) is 12.1. The molecule has 7 heteroatoms. The third kappa shape index (κ3) is 4.24. The van der Waals surface area contributed by atoms with Crippen LogP contribution in [0.15, 0.2) is 5.11 Å². The van der Waals surface area contributed by atoms with Crippen molar-refractivity contribution in [2.45, 2.75) is 32.3 Å². The van der Waals surface area contributed by atoms with Gasteiger partial charge in [0.15, 0.2) is 0 Å². The molecule has 15 heavy (non-hydrogen) atoms. The van der Waals surface area contributed by atoms with Crippen molar-refractivity contribution in [1.82, 2.24) is 10.2 Å². The molecule has 0 aromatic carbocycles. The molecular formula is C8H13N5OS. The molecule has 0 radical (unpaired) electrons. The zero-order chi connectivity index (χ0) is 11.1. The molecule has 82 valence electrons. The van der Waals surface area contributed by atoms with E-state index in [1.54, 1.807) is 11.3 Å². The van der Waals surface area contributed by atoms with Gasteiger partial charge in [-0.05, 0) is 18.4 Å². The van der Waals surface area contributed by atoms with Gasteiger partial charge in [0.05, 0.1) is 12.6 Å². The SMILES string of the molecule is CCc1nnc(CCC(O)CN=[N+]=[N-])s1. The molecule has 1 atom stereocenters. The first-order valence-electron chi connectivity index (χ1n) is 4.76. The van der Waals surface area contributed by atoms with E-state index in [4.69, 9.17) is 5.53 Å². The Morgan fingerprint density at radius 2 is 2.27 bits per heavy atom. The Morgan fingerprint density at radius 3 is 2.87 bits per heavy atom. The van der Waals surface area contributed by atoms with Crippen molar-refractivity contribution in [2.24, 2.45) is 5.11 Å². The topological polar surface area (TPSA) is 94.8 Å². The van der Waals surface area contributed by atoms with E-state index in [0.29, 0.717) is 12.8 Å². The van der Waals surface area contributed by atoms with Crippen LogP contribution in [-0.4, -0.2) is 28.0 Å². The van der Waals surface area contributed by atoms with Crippen molar-refractivity contribution in [3.05, 3.63) is 20.5 Å². The van der Waals surface area contributed by atoms with Gasteiger partial charge in [-0.3, -0.25) is 0 Å². The monoisotopic (exact) mass is 227 g/mol. The number of aryl methyl sites for hydroxylation is 2. The number of azide groups is 1. The number of aliphatic hydroxyl groups excluding tert-OH is 1. The van der Waals surface area contributed by atoms with Crippen molar-refractivity contribution in [1.29, 1.82) is 0 Å². The van der Waals surface area contributed by atoms with Gasteiger partial charge in [0.2, 0.25) is 0 Å². The fraction of sp³-hybridized carbons (Fsp3) is 0.750. The lowest BCUT2D eigenvalue weighted by Gasteiger charge is -2.03. The van der Waals surface area contributed by atoms with Crippen LogP contribution in [0.3, 0.4) is 0 Å². The van der Waals surface area contributed by atoms with Gasteiger partial charge in [0.25, 0.3) is 0 Å². The molecule has 0 amide bonds. The molecule has 1 aromatic heterocycles. The minimum Gasteiger partial charge on any atom is -0.393 e. The van der Waals surface area contributed by atoms with E-state index in [1.165, 1.54) is 0 Å². The van der Waals surface area contributed by atoms with Gasteiger partial charge in [-0.1, -0.05) is 12.0 Å². The fourth-order valence-electron chi connectivity index (χ4n) is 1.04. The standard InChI is InChI=1S/C8H13N5OS/c1-2-7-11-12-8(15-7)4-3-6(14)5-10-13-9/h6,14H,2-5H2,1H3. The van der Waals surface area contributed by atoms with Crippen LogP contribution in [0, 0.1) is 0 Å². The molecule has 0 fully saturated rings. The molecule has 1 unspecified atom stereocenters. The summed E-state index contributed by atoms with van der Waals surface area (Å²) < 4.78 is 0. The van der Waals surface area contributed by atoms with Gasteiger partial charge >= 0.3 is 0 Å². The first-order valence-corrected chi connectivity index (χ1v) is 5.58. The van der Waals surface area contributed by atoms with Crippen LogP contribution < -0.4 is 0 Å². The van der Waals surface area contributed by atoms with Gasteiger partial charge in [-0.25, -0.2) is 0 Å². The maximum atomic E-state index is 9.40. The van der Waals surface area contributed by atoms with Crippen LogP contribution in [0.1, 0.15) is 23.4 Å². The highest BCUT2D eigenvalue weighted by Gasteiger charge is 2.06. The Morgan fingerprint density at radius 1 is 1.53 bits per heavy atom. The fourth-order valence-corrected chi connectivity index (χ4v) is 1.84. The minimum atomic E-state index is -0.588. The number of rotatable bonds is 6. The van der Waals surface area contributed by atoms with Crippen molar-refractivity contribution in [2.75, 3.05) is 6.54 Å². The predicted molar refractivity (Wildman–Crippen MR) is 57.6 cm³/mol. The maximum absolute atomic E-state index is 9.40. The van der Waals surface area contributed by atoms with Gasteiger partial charge in [0.1, 0.15) is 10.0 Å². The summed E-state index contributed by atoms with van der Waals surface area (Å²) in [7, 11) is 0. The summed E-state index contributed by atoms with van der Waals surface area (Å²) in [6.45, 7) is 2.15. The van der Waals surface area contributed by atoms with Crippen molar-refractivity contribution in [3.63, 3.8) is 0 Å². The molecular weight excluding hydrogens is 214 g/mol. The second-order valence-corrected chi connectivity index (χ2v) is 4.20. The number of aromatic nitrogens is 2. The summed E-state index contributed by atoms with van der Waals surface area (Å²) in [5.41, 5.74) is 8.06. The van der Waals surface area contributed by atoms with E-state index in [1.807, 2.05) is 6.92 Å². The number of hydrogen-bond acceptors (Lipinski definition) is 5. The second kappa shape index (κ2) is 6.34. The molecule has 0 saturated heterocycles. The summed E-state index contributed by atoms with van der Waals surface area (Å²) >= 11 is 1.56.